The highest BCUT2D eigenvalue weighted by Gasteiger charge is 2.50. The van der Waals surface area contributed by atoms with Gasteiger partial charge in [0.25, 0.3) is 8.32 Å². The van der Waals surface area contributed by atoms with Crippen molar-refractivity contribution >= 4 is 18.7 Å². The highest BCUT2D eigenvalue weighted by Crippen LogP contribution is 2.36. The number of hydrogen-bond acceptors (Lipinski definition) is 3. The molecule has 2 aromatic carbocycles. The van der Waals surface area contributed by atoms with Gasteiger partial charge in [0, 0.05) is 13.7 Å². The molecule has 4 heteroatoms. The quantitative estimate of drug-likeness (QED) is 0.557. The van der Waals surface area contributed by atoms with E-state index < -0.39 is 8.32 Å². The topological polar surface area (TPSA) is 27.7 Å². The van der Waals surface area contributed by atoms with Crippen LogP contribution in [0.3, 0.4) is 0 Å². The van der Waals surface area contributed by atoms with Gasteiger partial charge in [-0.15, -0.1) is 0 Å². The van der Waals surface area contributed by atoms with Gasteiger partial charge in [0.05, 0.1) is 12.7 Å². The number of methoxy groups -OCH3 is 1. The molecule has 3 rings (SSSR count). The average molecular weight is 409 g/mol. The van der Waals surface area contributed by atoms with Crippen LogP contribution < -0.4 is 10.4 Å². The lowest BCUT2D eigenvalue weighted by Gasteiger charge is -2.42. The van der Waals surface area contributed by atoms with E-state index >= 15 is 0 Å². The lowest BCUT2D eigenvalue weighted by Crippen LogP contribution is -2.66. The summed E-state index contributed by atoms with van der Waals surface area (Å²) in [7, 11) is -0.807. The van der Waals surface area contributed by atoms with Crippen molar-refractivity contribution in [2.45, 2.75) is 50.9 Å². The third kappa shape index (κ3) is 4.82. The maximum absolute atomic E-state index is 6.80. The number of hydrogen-bond donors (Lipinski definition) is 0. The molecule has 1 fully saturated rings. The third-order valence-corrected chi connectivity index (χ3v) is 10.6. The first kappa shape index (κ1) is 21.8. The van der Waals surface area contributed by atoms with Gasteiger partial charge in [-0.25, -0.2) is 0 Å². The molecule has 0 aliphatic carbocycles. The fourth-order valence-corrected chi connectivity index (χ4v) is 8.62. The molecule has 154 valence electrons. The Balaban J connectivity index is 1.92. The van der Waals surface area contributed by atoms with E-state index in [0.29, 0.717) is 6.61 Å². The summed E-state index contributed by atoms with van der Waals surface area (Å²) in [5.41, 5.74) is 0. The van der Waals surface area contributed by atoms with Crippen LogP contribution >= 0.6 is 0 Å². The smallest absolute Gasteiger partial charge is 0.262 e. The van der Waals surface area contributed by atoms with Crippen molar-refractivity contribution in [1.82, 2.24) is 0 Å². The van der Waals surface area contributed by atoms with Gasteiger partial charge >= 0.3 is 0 Å². The lowest BCUT2D eigenvalue weighted by molar-refractivity contribution is -0.0632. The molecule has 0 amide bonds. The minimum absolute atomic E-state index is 0.0455. The molecule has 0 radical (unpaired) electrons. The molecule has 0 bridgehead atoms. The molecular weight excluding hydrogens is 376 g/mol. The molecule has 1 aliphatic heterocycles. The standard InChI is InChI=1S/C25H32O3Si/c1-25(2,3)29(21-13-7-5-8-14-21,22-15-9-6-10-16-22)28-20-12-18-24-23(26-4)17-11-19-27-24/h5-10,13-16,23-24H,11,17,19-20H2,1-4H3/t23-,24-/m0/s1. The van der Waals surface area contributed by atoms with E-state index in [2.05, 4.69) is 93.3 Å². The zero-order valence-corrected chi connectivity index (χ0v) is 19.0. The van der Waals surface area contributed by atoms with Crippen molar-refractivity contribution in [3.8, 4) is 11.8 Å². The van der Waals surface area contributed by atoms with Crippen molar-refractivity contribution in [2.75, 3.05) is 20.3 Å². The molecule has 0 N–H and O–H groups in total. The van der Waals surface area contributed by atoms with Gasteiger partial charge in [-0.3, -0.25) is 0 Å². The van der Waals surface area contributed by atoms with Crippen LogP contribution in [0.1, 0.15) is 33.6 Å². The molecule has 1 heterocycles. The molecule has 0 aromatic heterocycles. The Morgan fingerprint density at radius 1 is 1.00 bits per heavy atom. The fourth-order valence-electron chi connectivity index (χ4n) is 4.18. The minimum atomic E-state index is -2.54. The summed E-state index contributed by atoms with van der Waals surface area (Å²) >= 11 is 0. The van der Waals surface area contributed by atoms with Gasteiger partial charge in [-0.05, 0) is 28.3 Å². The maximum Gasteiger partial charge on any atom is 0.262 e. The molecule has 0 unspecified atom stereocenters. The van der Waals surface area contributed by atoms with Crippen LogP contribution in [0.2, 0.25) is 5.04 Å². The Bertz CT molecular complexity index is 778. The third-order valence-electron chi connectivity index (χ3n) is 5.59. The molecule has 3 nitrogen and oxygen atoms in total. The Morgan fingerprint density at radius 2 is 1.59 bits per heavy atom. The van der Waals surface area contributed by atoms with E-state index in [1.165, 1.54) is 10.4 Å². The van der Waals surface area contributed by atoms with Crippen LogP contribution in [-0.4, -0.2) is 40.8 Å². The van der Waals surface area contributed by atoms with Gasteiger partial charge < -0.3 is 13.9 Å². The second kappa shape index (κ2) is 9.73. The van der Waals surface area contributed by atoms with E-state index in [0.717, 1.165) is 19.4 Å². The summed E-state index contributed by atoms with van der Waals surface area (Å²) in [6.45, 7) is 7.95. The lowest BCUT2D eigenvalue weighted by atomic mass is 10.1. The molecule has 0 spiro atoms. The number of benzene rings is 2. The first-order valence-electron chi connectivity index (χ1n) is 10.4. The monoisotopic (exact) mass is 408 g/mol. The van der Waals surface area contributed by atoms with Crippen molar-refractivity contribution < 1.29 is 13.9 Å². The largest absolute Gasteiger partial charge is 0.396 e. The van der Waals surface area contributed by atoms with Crippen LogP contribution in [0.4, 0.5) is 0 Å². The van der Waals surface area contributed by atoms with Crippen molar-refractivity contribution in [3.05, 3.63) is 60.7 Å². The Labute approximate surface area is 176 Å². The predicted molar refractivity (Wildman–Crippen MR) is 121 cm³/mol. The van der Waals surface area contributed by atoms with Crippen LogP contribution in [0.5, 0.6) is 0 Å². The van der Waals surface area contributed by atoms with Crippen molar-refractivity contribution in [3.63, 3.8) is 0 Å². The molecule has 1 saturated heterocycles. The van der Waals surface area contributed by atoms with Crippen molar-refractivity contribution in [1.29, 1.82) is 0 Å². The minimum Gasteiger partial charge on any atom is -0.396 e. The summed E-state index contributed by atoms with van der Waals surface area (Å²) < 4.78 is 18.1. The highest BCUT2D eigenvalue weighted by atomic mass is 28.4. The SMILES string of the molecule is CO[C@H]1CCCO[C@H]1C#CCO[Si](c1ccccc1)(c1ccccc1)C(C)(C)C. The van der Waals surface area contributed by atoms with Crippen LogP contribution in [0.15, 0.2) is 60.7 Å². The number of rotatable bonds is 5. The average Bonchev–Trinajstić information content (AvgIpc) is 2.74. The fraction of sp³-hybridized carbons (Fsp3) is 0.440. The van der Waals surface area contributed by atoms with Crippen LogP contribution in [0.25, 0.3) is 0 Å². The van der Waals surface area contributed by atoms with E-state index in [9.17, 15) is 0 Å². The Hall–Kier alpha value is -1.90. The Kier molecular flexibility index (Phi) is 7.32. The van der Waals surface area contributed by atoms with Gasteiger partial charge in [-0.1, -0.05) is 93.3 Å². The summed E-state index contributed by atoms with van der Waals surface area (Å²) in [5.74, 6) is 6.49. The molecule has 29 heavy (non-hydrogen) atoms. The maximum atomic E-state index is 6.80. The van der Waals surface area contributed by atoms with Gasteiger partial charge in [0.15, 0.2) is 0 Å². The van der Waals surface area contributed by atoms with E-state index in [4.69, 9.17) is 13.9 Å². The van der Waals surface area contributed by atoms with Crippen LogP contribution in [0, 0.1) is 11.8 Å². The number of ether oxygens (including phenoxy) is 2. The van der Waals surface area contributed by atoms with E-state index in [1.807, 2.05) is 0 Å². The Morgan fingerprint density at radius 3 is 2.10 bits per heavy atom. The predicted octanol–water partition coefficient (Wildman–Crippen LogP) is 3.76. The van der Waals surface area contributed by atoms with Gasteiger partial charge in [0.2, 0.25) is 0 Å². The zero-order chi connectivity index (χ0) is 20.7. The van der Waals surface area contributed by atoms with Crippen molar-refractivity contribution in [2.24, 2.45) is 0 Å². The summed E-state index contributed by atoms with van der Waals surface area (Å²) in [6, 6.07) is 21.3. The molecule has 0 saturated carbocycles. The van der Waals surface area contributed by atoms with Gasteiger partial charge in [0.1, 0.15) is 6.10 Å². The molecular formula is C25H32O3Si. The second-order valence-electron chi connectivity index (χ2n) is 8.48. The molecule has 2 aromatic rings. The molecule has 2 atom stereocenters. The summed E-state index contributed by atoms with van der Waals surface area (Å²) in [4.78, 5) is 0. The summed E-state index contributed by atoms with van der Waals surface area (Å²) in [5, 5.41) is 2.49. The van der Waals surface area contributed by atoms with Gasteiger partial charge in [-0.2, -0.15) is 0 Å². The first-order valence-corrected chi connectivity index (χ1v) is 12.3. The summed E-state index contributed by atoms with van der Waals surface area (Å²) in [6.07, 6.45) is 1.89. The van der Waals surface area contributed by atoms with Crippen LogP contribution in [-0.2, 0) is 13.9 Å². The van der Waals surface area contributed by atoms with E-state index in [1.54, 1.807) is 7.11 Å². The van der Waals surface area contributed by atoms with E-state index in [-0.39, 0.29) is 17.2 Å². The second-order valence-corrected chi connectivity index (χ2v) is 12.8. The first-order chi connectivity index (χ1) is 14.0. The molecule has 1 aliphatic rings. The normalized spacial score (nSPS) is 20.0. The highest BCUT2D eigenvalue weighted by molar-refractivity contribution is 6.99. The zero-order valence-electron chi connectivity index (χ0n) is 18.0.